The van der Waals surface area contributed by atoms with Gasteiger partial charge in [0.15, 0.2) is 0 Å². The van der Waals surface area contributed by atoms with E-state index in [2.05, 4.69) is 18.9 Å². The summed E-state index contributed by atoms with van der Waals surface area (Å²) in [5.74, 6) is 0.0518. The molecular formula is C14H21N3O. The van der Waals surface area contributed by atoms with Gasteiger partial charge in [0.2, 0.25) is 0 Å². The van der Waals surface area contributed by atoms with Crippen molar-refractivity contribution < 1.29 is 4.79 Å². The normalized spacial score (nSPS) is 21.7. The first-order chi connectivity index (χ1) is 8.59. The van der Waals surface area contributed by atoms with E-state index in [4.69, 9.17) is 5.73 Å². The standard InChI is InChI=1S/C14H21N3O/c1-11-10-16(2)8-5-9-17(11)14(18)12-6-3-4-7-13(12)15/h3-4,6-7,11H,5,8-10,15H2,1-2H3. The summed E-state index contributed by atoms with van der Waals surface area (Å²) in [4.78, 5) is 16.7. The summed E-state index contributed by atoms with van der Waals surface area (Å²) in [6, 6.07) is 7.52. The number of carbonyl (C=O) groups is 1. The second-order valence-electron chi connectivity index (χ2n) is 5.05. The summed E-state index contributed by atoms with van der Waals surface area (Å²) < 4.78 is 0. The molecule has 4 nitrogen and oxygen atoms in total. The third-order valence-electron chi connectivity index (χ3n) is 3.50. The zero-order valence-electron chi connectivity index (χ0n) is 11.1. The minimum Gasteiger partial charge on any atom is -0.398 e. The Kier molecular flexibility index (Phi) is 3.87. The van der Waals surface area contributed by atoms with Gasteiger partial charge in [0, 0.05) is 24.8 Å². The number of rotatable bonds is 1. The first-order valence-corrected chi connectivity index (χ1v) is 6.43. The minimum absolute atomic E-state index is 0.0518. The van der Waals surface area contributed by atoms with Crippen LogP contribution < -0.4 is 5.73 Å². The Morgan fingerprint density at radius 3 is 2.78 bits per heavy atom. The maximum Gasteiger partial charge on any atom is 0.256 e. The number of amides is 1. The van der Waals surface area contributed by atoms with Gasteiger partial charge in [-0.1, -0.05) is 12.1 Å². The number of para-hydroxylation sites is 1. The van der Waals surface area contributed by atoms with Crippen LogP contribution in [0.4, 0.5) is 5.69 Å². The van der Waals surface area contributed by atoms with Crippen molar-refractivity contribution in [2.24, 2.45) is 0 Å². The van der Waals surface area contributed by atoms with Gasteiger partial charge >= 0.3 is 0 Å². The number of anilines is 1. The molecule has 98 valence electrons. The van der Waals surface area contributed by atoms with Crippen LogP contribution in [0.15, 0.2) is 24.3 Å². The second kappa shape index (κ2) is 5.40. The van der Waals surface area contributed by atoms with Gasteiger partial charge < -0.3 is 15.5 Å². The highest BCUT2D eigenvalue weighted by molar-refractivity contribution is 5.99. The molecule has 1 aromatic carbocycles. The predicted molar refractivity (Wildman–Crippen MR) is 73.5 cm³/mol. The molecule has 1 unspecified atom stereocenters. The molecule has 1 heterocycles. The Bertz CT molecular complexity index is 433. The molecular weight excluding hydrogens is 226 g/mol. The molecule has 0 aromatic heterocycles. The largest absolute Gasteiger partial charge is 0.398 e. The van der Waals surface area contributed by atoms with E-state index in [0.717, 1.165) is 26.1 Å². The van der Waals surface area contributed by atoms with Crippen molar-refractivity contribution in [2.75, 3.05) is 32.4 Å². The Morgan fingerprint density at radius 2 is 2.06 bits per heavy atom. The van der Waals surface area contributed by atoms with Crippen LogP contribution in [-0.2, 0) is 0 Å². The van der Waals surface area contributed by atoms with Crippen molar-refractivity contribution in [1.82, 2.24) is 9.80 Å². The molecule has 4 heteroatoms. The fraction of sp³-hybridized carbons (Fsp3) is 0.500. The molecule has 0 spiro atoms. The number of benzene rings is 1. The summed E-state index contributed by atoms with van der Waals surface area (Å²) in [5, 5.41) is 0. The number of nitrogen functional groups attached to an aromatic ring is 1. The Balaban J connectivity index is 2.20. The van der Waals surface area contributed by atoms with E-state index in [1.165, 1.54) is 0 Å². The maximum absolute atomic E-state index is 12.5. The summed E-state index contributed by atoms with van der Waals surface area (Å²) in [5.41, 5.74) is 7.06. The molecule has 1 aliphatic heterocycles. The number of likely N-dealkylation sites (N-methyl/N-ethyl adjacent to an activating group) is 1. The smallest absolute Gasteiger partial charge is 0.256 e. The fourth-order valence-electron chi connectivity index (χ4n) is 2.52. The highest BCUT2D eigenvalue weighted by Crippen LogP contribution is 2.17. The summed E-state index contributed by atoms with van der Waals surface area (Å²) >= 11 is 0. The van der Waals surface area contributed by atoms with E-state index in [1.54, 1.807) is 12.1 Å². The van der Waals surface area contributed by atoms with Crippen LogP contribution in [0.1, 0.15) is 23.7 Å². The average Bonchev–Trinajstić information content (AvgIpc) is 2.50. The van der Waals surface area contributed by atoms with Crippen LogP contribution >= 0.6 is 0 Å². The Hall–Kier alpha value is -1.55. The molecule has 0 bridgehead atoms. The quantitative estimate of drug-likeness (QED) is 0.764. The van der Waals surface area contributed by atoms with E-state index in [1.807, 2.05) is 17.0 Å². The molecule has 1 saturated heterocycles. The van der Waals surface area contributed by atoms with Crippen molar-refractivity contribution in [3.05, 3.63) is 29.8 Å². The summed E-state index contributed by atoms with van der Waals surface area (Å²) in [7, 11) is 2.10. The number of hydrogen-bond donors (Lipinski definition) is 1. The van der Waals surface area contributed by atoms with Crippen molar-refractivity contribution in [3.63, 3.8) is 0 Å². The van der Waals surface area contributed by atoms with Crippen molar-refractivity contribution in [3.8, 4) is 0 Å². The van der Waals surface area contributed by atoms with E-state index < -0.39 is 0 Å². The lowest BCUT2D eigenvalue weighted by Crippen LogP contribution is -2.42. The molecule has 0 saturated carbocycles. The zero-order chi connectivity index (χ0) is 13.1. The number of carbonyl (C=O) groups excluding carboxylic acids is 1. The van der Waals surface area contributed by atoms with E-state index in [-0.39, 0.29) is 11.9 Å². The first kappa shape index (κ1) is 12.9. The highest BCUT2D eigenvalue weighted by Gasteiger charge is 2.25. The molecule has 0 radical (unpaired) electrons. The average molecular weight is 247 g/mol. The van der Waals surface area contributed by atoms with Crippen LogP contribution in [0.3, 0.4) is 0 Å². The molecule has 1 amide bonds. The van der Waals surface area contributed by atoms with Crippen LogP contribution in [0.25, 0.3) is 0 Å². The van der Waals surface area contributed by atoms with E-state index >= 15 is 0 Å². The third kappa shape index (κ3) is 2.64. The minimum atomic E-state index is 0.0518. The molecule has 1 aliphatic rings. The number of nitrogens with two attached hydrogens (primary N) is 1. The third-order valence-corrected chi connectivity index (χ3v) is 3.50. The topological polar surface area (TPSA) is 49.6 Å². The maximum atomic E-state index is 12.5. The van der Waals surface area contributed by atoms with Crippen molar-refractivity contribution in [1.29, 1.82) is 0 Å². The van der Waals surface area contributed by atoms with Gasteiger partial charge in [0.25, 0.3) is 5.91 Å². The van der Waals surface area contributed by atoms with Gasteiger partial charge in [0.05, 0.1) is 5.56 Å². The van der Waals surface area contributed by atoms with Crippen LogP contribution in [0.2, 0.25) is 0 Å². The second-order valence-corrected chi connectivity index (χ2v) is 5.05. The molecule has 2 N–H and O–H groups in total. The molecule has 18 heavy (non-hydrogen) atoms. The van der Waals surface area contributed by atoms with Crippen molar-refractivity contribution in [2.45, 2.75) is 19.4 Å². The summed E-state index contributed by atoms with van der Waals surface area (Å²) in [6.07, 6.45) is 1.01. The van der Waals surface area contributed by atoms with Gasteiger partial charge in [0.1, 0.15) is 0 Å². The Morgan fingerprint density at radius 1 is 1.33 bits per heavy atom. The lowest BCUT2D eigenvalue weighted by Gasteiger charge is -2.28. The van der Waals surface area contributed by atoms with E-state index in [0.29, 0.717) is 11.3 Å². The van der Waals surface area contributed by atoms with Gasteiger partial charge in [-0.25, -0.2) is 0 Å². The number of hydrogen-bond acceptors (Lipinski definition) is 3. The molecule has 0 aliphatic carbocycles. The predicted octanol–water partition coefficient (Wildman–Crippen LogP) is 1.43. The SMILES string of the molecule is CC1CN(C)CCCN1C(=O)c1ccccc1N. The summed E-state index contributed by atoms with van der Waals surface area (Å²) in [6.45, 7) is 4.86. The highest BCUT2D eigenvalue weighted by atomic mass is 16.2. The lowest BCUT2D eigenvalue weighted by atomic mass is 10.1. The molecule has 2 rings (SSSR count). The lowest BCUT2D eigenvalue weighted by molar-refractivity contribution is 0.0697. The molecule has 1 atom stereocenters. The van der Waals surface area contributed by atoms with Gasteiger partial charge in [-0.2, -0.15) is 0 Å². The first-order valence-electron chi connectivity index (χ1n) is 6.43. The van der Waals surface area contributed by atoms with Gasteiger partial charge in [-0.3, -0.25) is 4.79 Å². The van der Waals surface area contributed by atoms with E-state index in [9.17, 15) is 4.79 Å². The molecule has 1 fully saturated rings. The van der Waals surface area contributed by atoms with Gasteiger partial charge in [-0.15, -0.1) is 0 Å². The Labute approximate surface area is 108 Å². The monoisotopic (exact) mass is 247 g/mol. The van der Waals surface area contributed by atoms with Crippen molar-refractivity contribution >= 4 is 11.6 Å². The van der Waals surface area contributed by atoms with Gasteiger partial charge in [-0.05, 0) is 39.1 Å². The zero-order valence-corrected chi connectivity index (χ0v) is 11.1. The number of nitrogens with zero attached hydrogens (tertiary/aromatic N) is 2. The molecule has 1 aromatic rings. The fourth-order valence-corrected chi connectivity index (χ4v) is 2.52. The van der Waals surface area contributed by atoms with Crippen LogP contribution in [0, 0.1) is 0 Å². The van der Waals surface area contributed by atoms with Crippen LogP contribution in [0.5, 0.6) is 0 Å². The van der Waals surface area contributed by atoms with Crippen LogP contribution in [-0.4, -0.2) is 48.4 Å².